The molecule has 4 nitrogen and oxygen atoms in total. The van der Waals surface area contributed by atoms with Crippen LogP contribution in [0, 0.1) is 0 Å². The molecule has 0 aromatic rings. The van der Waals surface area contributed by atoms with Gasteiger partial charge in [0, 0.05) is 0 Å². The maximum atomic E-state index is 7.33. The molecule has 0 fully saturated rings. The third-order valence-electron chi connectivity index (χ3n) is 0. The summed E-state index contributed by atoms with van der Waals surface area (Å²) >= 11 is 0. The summed E-state index contributed by atoms with van der Waals surface area (Å²) in [4.78, 5) is 29.3. The first-order valence-electron chi connectivity index (χ1n) is 0.894. The van der Waals surface area contributed by atoms with E-state index in [2.05, 4.69) is 0 Å². The second kappa shape index (κ2) is 10.6. The molecule has 0 rings (SSSR count). The Morgan fingerprint density at radius 2 is 0.875 bits per heavy atom. The molecular formula is H11AlBaO4SiSr. The molecule has 8 heteroatoms. The van der Waals surface area contributed by atoms with E-state index in [1.807, 2.05) is 0 Å². The third-order valence-corrected chi connectivity index (χ3v) is 0. The van der Waals surface area contributed by atoms with Crippen LogP contribution < -0.4 is 0 Å². The van der Waals surface area contributed by atoms with Crippen LogP contribution in [0.1, 0.15) is 0 Å². The molecule has 0 heterocycles. The van der Waals surface area contributed by atoms with Gasteiger partial charge >= 0.3 is 103 Å². The van der Waals surface area contributed by atoms with Crippen LogP contribution >= 0.6 is 0 Å². The molecule has 8 heavy (non-hydrogen) atoms. The molecule has 0 saturated carbocycles. The zero-order valence-corrected chi connectivity index (χ0v) is 3.29. The van der Waals surface area contributed by atoms with Gasteiger partial charge in [-0.1, -0.05) is 0 Å². The molecule has 0 aliphatic carbocycles. The molecule has 0 amide bonds. The first kappa shape index (κ1) is 22.6. The molecule has 46 valence electrons. The second-order valence-corrected chi connectivity index (χ2v) is 1.80. The van der Waals surface area contributed by atoms with Crippen LogP contribution in [0.25, 0.3) is 0 Å². The molecule has 0 bridgehead atoms. The molecule has 0 atom stereocenters. The van der Waals surface area contributed by atoms with Crippen LogP contribution in [0.3, 0.4) is 0 Å². The average Bonchev–Trinajstić information content (AvgIpc) is 0.722. The van der Waals surface area contributed by atoms with Crippen LogP contribution in [-0.2, 0) is 0 Å². The van der Waals surface area contributed by atoms with Gasteiger partial charge in [-0.2, -0.15) is 0 Å². The van der Waals surface area contributed by atoms with Gasteiger partial charge in [-0.25, -0.2) is 0 Å². The van der Waals surface area contributed by atoms with Gasteiger partial charge in [0.05, 0.1) is 0 Å². The fourth-order valence-electron chi connectivity index (χ4n) is 0. The Labute approximate surface area is 136 Å². The van der Waals surface area contributed by atoms with Gasteiger partial charge in [0.25, 0.3) is 0 Å². The average molecular weight is 355 g/mol. The summed E-state index contributed by atoms with van der Waals surface area (Å²) in [5.74, 6) is 0. The van der Waals surface area contributed by atoms with Gasteiger partial charge < -0.3 is 19.2 Å². The fourth-order valence-corrected chi connectivity index (χ4v) is 0. The number of rotatable bonds is 0. The Balaban J connectivity index is -0.0000000267. The molecule has 0 spiro atoms. The van der Waals surface area contributed by atoms with Gasteiger partial charge in [-0.15, -0.1) is 0 Å². The van der Waals surface area contributed by atoms with E-state index in [0.717, 1.165) is 0 Å². The summed E-state index contributed by atoms with van der Waals surface area (Å²) < 4.78 is 0. The normalized spacial score (nSPS) is 7.50. The minimum atomic E-state index is -4.61. The van der Waals surface area contributed by atoms with Crippen molar-refractivity contribution in [2.45, 2.75) is 0 Å². The Bertz CT molecular complexity index is 31.5. The standard InChI is InChI=1S/Al.Ba.H4O4Si.Sr.7H/c;;1-5(2,3)4;;;;;;;;/h;;1-4H;;;;;;;;. The minimum absolute atomic E-state index is 0. The molecule has 0 unspecified atom stereocenters. The van der Waals surface area contributed by atoms with Crippen molar-refractivity contribution in [2.75, 3.05) is 0 Å². The second-order valence-electron chi connectivity index (χ2n) is 0.600. The van der Waals surface area contributed by atoms with E-state index in [1.54, 1.807) is 0 Å². The fraction of sp³-hybridized carbons (Fsp3) is 0. The molecule has 4 N–H and O–H groups in total. The topological polar surface area (TPSA) is 80.9 Å². The van der Waals surface area contributed by atoms with Crippen LogP contribution in [0.5, 0.6) is 0 Å². The Kier molecular flexibility index (Phi) is 30.0. The van der Waals surface area contributed by atoms with Crippen molar-refractivity contribution in [1.29, 1.82) is 0 Å². The van der Waals surface area contributed by atoms with Gasteiger partial charge in [0.2, 0.25) is 0 Å². The summed E-state index contributed by atoms with van der Waals surface area (Å²) in [6.07, 6.45) is 0. The SMILES string of the molecule is O[Si](O)(O)O.[AlH3].[BaH2].[SrH2]. The van der Waals surface area contributed by atoms with Crippen LogP contribution in [-0.4, -0.2) is 140 Å². The molecule has 0 aromatic carbocycles. The van der Waals surface area contributed by atoms with Gasteiger partial charge in [0.1, 0.15) is 0 Å². The summed E-state index contributed by atoms with van der Waals surface area (Å²) in [6, 6.07) is 0. The van der Waals surface area contributed by atoms with E-state index < -0.39 is 9.05 Å². The van der Waals surface area contributed by atoms with Crippen LogP contribution in [0.15, 0.2) is 0 Å². The Hall–Kier alpha value is 3.64. The molecular weight excluding hydrogens is 344 g/mol. The van der Waals surface area contributed by atoms with Crippen LogP contribution in [0.4, 0.5) is 0 Å². The first-order chi connectivity index (χ1) is 2.00. The van der Waals surface area contributed by atoms with E-state index in [4.69, 9.17) is 19.2 Å². The predicted octanol–water partition coefficient (Wildman–Crippen LogP) is -5.63. The van der Waals surface area contributed by atoms with Crippen LogP contribution in [0.2, 0.25) is 0 Å². The first-order valence-corrected chi connectivity index (χ1v) is 2.68. The number of hydrogen-bond donors (Lipinski definition) is 4. The Morgan fingerprint density at radius 1 is 0.875 bits per heavy atom. The van der Waals surface area contributed by atoms with Gasteiger partial charge in [-0.05, 0) is 0 Å². The van der Waals surface area contributed by atoms with Gasteiger partial charge in [0.15, 0.2) is 17.4 Å². The summed E-state index contributed by atoms with van der Waals surface area (Å²) in [5, 5.41) is 0. The van der Waals surface area contributed by atoms with E-state index in [1.165, 1.54) is 0 Å². The third kappa shape index (κ3) is 54.3. The molecule has 0 aliphatic heterocycles. The molecule has 0 radical (unpaired) electrons. The zero-order valence-electron chi connectivity index (χ0n) is 2.29. The molecule has 0 aromatic heterocycles. The van der Waals surface area contributed by atoms with E-state index in [9.17, 15) is 0 Å². The van der Waals surface area contributed by atoms with Crippen molar-refractivity contribution in [1.82, 2.24) is 0 Å². The summed E-state index contributed by atoms with van der Waals surface area (Å²) in [7, 11) is -4.61. The van der Waals surface area contributed by atoms with E-state index in [-0.39, 0.29) is 112 Å². The van der Waals surface area contributed by atoms with Crippen molar-refractivity contribution < 1.29 is 19.2 Å². The monoisotopic (exact) mass is 356 g/mol. The maximum absolute atomic E-state index is 7.33. The molecule has 0 aliphatic rings. The predicted molar refractivity (Wildman–Crippen MR) is 41.7 cm³/mol. The summed E-state index contributed by atoms with van der Waals surface area (Å²) in [5.41, 5.74) is 0. The van der Waals surface area contributed by atoms with Crippen molar-refractivity contribution in [2.24, 2.45) is 0 Å². The number of hydrogen-bond acceptors (Lipinski definition) is 4. The Morgan fingerprint density at radius 3 is 0.875 bits per heavy atom. The van der Waals surface area contributed by atoms with Crippen molar-refractivity contribution in [3.8, 4) is 0 Å². The van der Waals surface area contributed by atoms with E-state index >= 15 is 0 Å². The van der Waals surface area contributed by atoms with Gasteiger partial charge in [-0.3, -0.25) is 0 Å². The quantitative estimate of drug-likeness (QED) is 0.327. The van der Waals surface area contributed by atoms with Crippen molar-refractivity contribution in [3.05, 3.63) is 0 Å². The van der Waals surface area contributed by atoms with Crippen molar-refractivity contribution in [3.63, 3.8) is 0 Å². The summed E-state index contributed by atoms with van der Waals surface area (Å²) in [6.45, 7) is 0. The van der Waals surface area contributed by atoms with Crippen molar-refractivity contribution >= 4 is 121 Å². The molecule has 0 saturated heterocycles. The zero-order chi connectivity index (χ0) is 4.50. The van der Waals surface area contributed by atoms with E-state index in [0.29, 0.717) is 0 Å².